The first-order chi connectivity index (χ1) is 48.0. The Morgan fingerprint density at radius 1 is 0.620 bits per heavy atom. The maximum absolute atomic E-state index is 13.2. The maximum Gasteiger partial charge on any atom is 0.263 e. The van der Waals surface area contributed by atoms with Gasteiger partial charge >= 0.3 is 0 Å². The number of aromatic hydroxyl groups is 1. The number of carbonyl (C=O) groups excluding carboxylic acids is 2. The van der Waals surface area contributed by atoms with Gasteiger partial charge in [0, 0.05) is 159 Å². The van der Waals surface area contributed by atoms with Crippen LogP contribution in [0.4, 0.5) is 38.2 Å². The second kappa shape index (κ2) is 32.2. The fourth-order valence-electron chi connectivity index (χ4n) is 11.7. The molecule has 1 unspecified atom stereocenters. The summed E-state index contributed by atoms with van der Waals surface area (Å²) in [7, 11) is -11.2. The third-order valence-electron chi connectivity index (χ3n) is 17.1. The fourth-order valence-corrected chi connectivity index (χ4v) is 15.9. The number of hydrogen-bond acceptors (Lipinski definition) is 20. The molecule has 0 bridgehead atoms. The number of para-hydroxylation sites is 1. The van der Waals surface area contributed by atoms with Crippen LogP contribution in [0.15, 0.2) is 204 Å². The molecular formula is C68H77Cl2FN16O9S4. The molecule has 0 aliphatic carbocycles. The average Bonchev–Trinajstić information content (AvgIpc) is 1.17. The van der Waals surface area contributed by atoms with Crippen molar-refractivity contribution >= 4 is 121 Å². The molecule has 13 rings (SSSR count). The first kappa shape index (κ1) is 71.7. The molecule has 100 heavy (non-hydrogen) atoms. The summed E-state index contributed by atoms with van der Waals surface area (Å²) in [5, 5.41) is 12.0. The number of fused-ring (bicyclic) bond motifs is 1. The third kappa shape index (κ3) is 18.3. The molecule has 2 amide bonds. The van der Waals surface area contributed by atoms with Crippen molar-refractivity contribution in [2.75, 3.05) is 101 Å². The molecule has 7 heterocycles. The Labute approximate surface area is 597 Å². The molecule has 0 saturated carbocycles. The lowest BCUT2D eigenvalue weighted by Crippen LogP contribution is -2.54. The molecule has 2 atom stereocenters. The summed E-state index contributed by atoms with van der Waals surface area (Å²) in [6.45, 7) is 12.8. The molecule has 32 heteroatoms. The van der Waals surface area contributed by atoms with Gasteiger partial charge in [0.15, 0.2) is 0 Å². The monoisotopic (exact) mass is 1480 g/mol. The predicted octanol–water partition coefficient (Wildman–Crippen LogP) is 10.6. The number of piperazine rings is 3. The number of phenolic OH excluding ortho intramolecular Hbond substituents is 1. The zero-order chi connectivity index (χ0) is 70.6. The number of nitrogens with zero attached hydrogens (tertiary/aromatic N) is 13. The van der Waals surface area contributed by atoms with E-state index in [0.29, 0.717) is 68.8 Å². The Kier molecular flexibility index (Phi) is 23.1. The molecule has 0 radical (unpaired) electrons. The van der Waals surface area contributed by atoms with Gasteiger partial charge < -0.3 is 34.2 Å². The number of amides is 2. The number of benzene rings is 6. The van der Waals surface area contributed by atoms with Crippen LogP contribution in [0.5, 0.6) is 5.75 Å². The van der Waals surface area contributed by atoms with Gasteiger partial charge in [-0.25, -0.2) is 54.6 Å². The van der Waals surface area contributed by atoms with Crippen LogP contribution in [-0.2, 0) is 52.7 Å². The zero-order valence-electron chi connectivity index (χ0n) is 54.2. The zero-order valence-corrected chi connectivity index (χ0v) is 59.0. The van der Waals surface area contributed by atoms with Crippen LogP contribution in [0.25, 0.3) is 10.9 Å². The number of sulfonamides is 3. The van der Waals surface area contributed by atoms with E-state index in [1.165, 1.54) is 55.6 Å². The molecular weight excluding hydrogens is 1400 g/mol. The van der Waals surface area contributed by atoms with Crippen molar-refractivity contribution in [2.45, 2.75) is 60.0 Å². The summed E-state index contributed by atoms with van der Waals surface area (Å²) in [5.74, 6) is 0.0448. The second-order valence-corrected chi connectivity index (χ2v) is 30.3. The van der Waals surface area contributed by atoms with Crippen LogP contribution in [0.1, 0.15) is 41.6 Å². The van der Waals surface area contributed by atoms with Crippen LogP contribution < -0.4 is 28.9 Å². The van der Waals surface area contributed by atoms with Crippen molar-refractivity contribution in [1.82, 2.24) is 48.6 Å². The second-order valence-electron chi connectivity index (χ2n) is 23.7. The van der Waals surface area contributed by atoms with Crippen molar-refractivity contribution in [3.8, 4) is 5.75 Å². The number of hydrogen-bond donors (Lipinski definition) is 4. The number of aryl methyl sites for hydroxylation is 1. The van der Waals surface area contributed by atoms with E-state index >= 15 is 0 Å². The van der Waals surface area contributed by atoms with Gasteiger partial charge in [-0.2, -0.15) is 4.37 Å². The molecule has 528 valence electrons. The van der Waals surface area contributed by atoms with Crippen molar-refractivity contribution in [1.29, 1.82) is 0 Å². The van der Waals surface area contributed by atoms with Crippen molar-refractivity contribution in [2.24, 2.45) is 0 Å². The normalized spacial score (nSPS) is 15.6. The summed E-state index contributed by atoms with van der Waals surface area (Å²) in [6.07, 6.45) is 9.16. The van der Waals surface area contributed by atoms with E-state index in [-0.39, 0.29) is 71.1 Å². The molecule has 10 aromatic rings. The third-order valence-corrected chi connectivity index (χ3v) is 22.6. The molecule has 3 aliphatic heterocycles. The highest BCUT2D eigenvalue weighted by atomic mass is 35.5. The SMILES string of the molecule is CC(C(=O)N1CCN(c2ccc(S(=O)(=O)Nc3ccncn3)cc2)CC1)c1ccc(F)cc1.C[C@H]1CN(c2ccc(S(=O)(=O)Nc3ncns3)cc2)CCN1C(=O)CCn1ccc2cccc(Cl)c21.O=S(=O)(Nc1ccncn1)c1ccc(N2CCN(Cc3ccc(O)cc3Cl)CC2)cc1.[HH].[HH].[HH]. The molecule has 3 fully saturated rings. The van der Waals surface area contributed by atoms with Gasteiger partial charge in [0.2, 0.25) is 16.9 Å². The summed E-state index contributed by atoms with van der Waals surface area (Å²) >= 11 is 13.6. The number of nitrogens with one attached hydrogen (secondary N) is 3. The molecule has 0 spiro atoms. The molecule has 4 N–H and O–H groups in total. The van der Waals surface area contributed by atoms with Crippen LogP contribution in [0, 0.1) is 5.82 Å². The van der Waals surface area contributed by atoms with E-state index in [9.17, 15) is 44.3 Å². The van der Waals surface area contributed by atoms with Crippen LogP contribution in [0.2, 0.25) is 10.0 Å². The van der Waals surface area contributed by atoms with Gasteiger partial charge in [0.1, 0.15) is 42.2 Å². The van der Waals surface area contributed by atoms with Crippen LogP contribution in [-0.4, -0.2) is 169 Å². The van der Waals surface area contributed by atoms with E-state index in [0.717, 1.165) is 83.3 Å². The Balaban J connectivity index is 0.000000194. The van der Waals surface area contributed by atoms with Crippen LogP contribution >= 0.6 is 34.7 Å². The molecule has 3 saturated heterocycles. The number of carbonyl (C=O) groups is 2. The van der Waals surface area contributed by atoms with Gasteiger partial charge in [-0.3, -0.25) is 28.7 Å². The summed E-state index contributed by atoms with van der Waals surface area (Å²) in [4.78, 5) is 58.1. The number of phenols is 1. The smallest absolute Gasteiger partial charge is 0.263 e. The van der Waals surface area contributed by atoms with Crippen LogP contribution in [0.3, 0.4) is 0 Å². The Morgan fingerprint density at radius 2 is 1.16 bits per heavy atom. The van der Waals surface area contributed by atoms with E-state index < -0.39 is 30.1 Å². The summed E-state index contributed by atoms with van der Waals surface area (Å²) in [6, 6.07) is 42.1. The first-order valence-corrected chi connectivity index (χ1v) is 37.7. The Hall–Kier alpha value is -9.56. The van der Waals surface area contributed by atoms with Gasteiger partial charge in [-0.05, 0) is 146 Å². The summed E-state index contributed by atoms with van der Waals surface area (Å²) in [5.41, 5.74) is 5.50. The largest absolute Gasteiger partial charge is 0.508 e. The van der Waals surface area contributed by atoms with Gasteiger partial charge in [0.25, 0.3) is 30.1 Å². The molecule has 25 nitrogen and oxygen atoms in total. The van der Waals surface area contributed by atoms with Crippen molar-refractivity contribution < 1.29 is 48.6 Å². The Morgan fingerprint density at radius 3 is 1.68 bits per heavy atom. The number of aromatic nitrogens is 7. The standard InChI is InChI=1S/C24H25ClN6O3S2.C23H24FN5O3S.C21H22ClN5O3S.3H2/c1-17-15-30(19-5-7-20(8-6-19)36(33,34)28-24-26-16-27-35-24)13-14-31(17)22(32)10-12-29-11-9-18-3-2-4-21(25)23(18)29;1-17(18-2-4-19(24)5-3-18)23(30)29-14-12-28(13-15-29)20-6-8-21(9-7-20)33(31,32)27-22-10-11-25-16-26-22;22-20-13-18(28)4-1-16(20)14-26-9-11-27(12-10-26)17-2-5-19(6-3-17)31(29,30)25-21-7-8-23-15-24-21;;;/h2-9,11,16-17H,10,12-15H2,1H3,(H,26,27,28);2-11,16-17H,12-15H2,1H3,(H,25,26,27);1-8,13,15,28H,9-12,14H2,(H,23,24,25);3*1H/t17-;;;;;/m0...../s1. The molecule has 6 aromatic carbocycles. The lowest BCUT2D eigenvalue weighted by Gasteiger charge is -2.41. The topological polar surface area (TPSA) is 295 Å². The van der Waals surface area contributed by atoms with E-state index in [4.69, 9.17) is 23.2 Å². The van der Waals surface area contributed by atoms with Gasteiger partial charge in [-0.1, -0.05) is 53.5 Å². The van der Waals surface area contributed by atoms with E-state index in [2.05, 4.69) is 63.1 Å². The first-order valence-electron chi connectivity index (χ1n) is 31.7. The number of halogens is 3. The lowest BCUT2D eigenvalue weighted by molar-refractivity contribution is -0.134. The average molecular weight is 1480 g/mol. The molecule has 4 aromatic heterocycles. The number of rotatable bonds is 19. The minimum Gasteiger partial charge on any atom is -0.508 e. The lowest BCUT2D eigenvalue weighted by atomic mass is 9.99. The van der Waals surface area contributed by atoms with Gasteiger partial charge in [-0.15, -0.1) is 0 Å². The maximum atomic E-state index is 13.2. The van der Waals surface area contributed by atoms with E-state index in [1.54, 1.807) is 84.9 Å². The van der Waals surface area contributed by atoms with Crippen molar-refractivity contribution in [3.63, 3.8) is 0 Å². The molecule has 3 aliphatic rings. The minimum atomic E-state index is -3.75. The number of anilines is 6. The summed E-state index contributed by atoms with van der Waals surface area (Å²) < 4.78 is 102. The van der Waals surface area contributed by atoms with Gasteiger partial charge in [0.05, 0.1) is 31.1 Å². The van der Waals surface area contributed by atoms with E-state index in [1.807, 2.05) is 76.9 Å². The Bertz CT molecular complexity index is 4780. The quantitative estimate of drug-likeness (QED) is 0.0585. The minimum absolute atomic E-state index is 0. The highest BCUT2D eigenvalue weighted by Gasteiger charge is 2.30. The fraction of sp³-hybridized carbons (Fsp3) is 0.265. The van der Waals surface area contributed by atoms with Crippen molar-refractivity contribution in [3.05, 3.63) is 216 Å². The predicted molar refractivity (Wildman–Crippen MR) is 391 cm³/mol. The highest BCUT2D eigenvalue weighted by Crippen LogP contribution is 2.30. The highest BCUT2D eigenvalue weighted by molar-refractivity contribution is 7.93.